The normalized spacial score (nSPS) is 9.64. The van der Waals surface area contributed by atoms with E-state index >= 15 is 0 Å². The average molecular weight is 505 g/mol. The van der Waals surface area contributed by atoms with Gasteiger partial charge in [-0.15, -0.1) is 0 Å². The van der Waals surface area contributed by atoms with Crippen molar-refractivity contribution < 1.29 is 20.4 Å². The minimum atomic E-state index is -0.135. The summed E-state index contributed by atoms with van der Waals surface area (Å²) in [6, 6.07) is 11.4. The molecule has 3 aromatic carbocycles. The standard InChI is InChI=1S/C6H4Cl2O2.2C6H4Cl2O/c7-3-1-5(9)4(8)2-6(3)10;7-4-1-2-6(9)5(8)3-4;7-4-1-2-5(8)6(9)3-4/h1-2,9-10H;2*1-3,9H. The Morgan fingerprint density at radius 2 is 0.786 bits per heavy atom. The zero-order valence-electron chi connectivity index (χ0n) is 13.7. The molecule has 0 saturated carbocycles. The van der Waals surface area contributed by atoms with Crippen LogP contribution in [-0.4, -0.2) is 20.4 Å². The van der Waals surface area contributed by atoms with E-state index in [0.29, 0.717) is 15.1 Å². The number of halogens is 6. The maximum Gasteiger partial charge on any atom is 0.135 e. The van der Waals surface area contributed by atoms with Crippen LogP contribution < -0.4 is 0 Å². The van der Waals surface area contributed by atoms with E-state index in [1.165, 1.54) is 30.3 Å². The Hall–Kier alpha value is -1.40. The lowest BCUT2D eigenvalue weighted by molar-refractivity contribution is 0.460. The molecular formula is C18H12Cl6O4. The molecule has 0 heterocycles. The summed E-state index contributed by atoms with van der Waals surface area (Å²) in [4.78, 5) is 0. The fraction of sp³-hybridized carbons (Fsp3) is 0. The Kier molecular flexibility index (Phi) is 10.2. The molecule has 0 aliphatic carbocycles. The minimum absolute atomic E-state index is 0.0177. The van der Waals surface area contributed by atoms with Gasteiger partial charge in [-0.3, -0.25) is 0 Å². The van der Waals surface area contributed by atoms with Gasteiger partial charge in [-0.2, -0.15) is 0 Å². The molecule has 0 spiro atoms. The largest absolute Gasteiger partial charge is 0.506 e. The summed E-state index contributed by atoms with van der Waals surface area (Å²) >= 11 is 32.8. The predicted octanol–water partition coefficient (Wildman–Crippen LogP) is 7.80. The third-order valence-electron chi connectivity index (χ3n) is 2.83. The molecule has 0 unspecified atom stereocenters. The van der Waals surface area contributed by atoms with Crippen molar-refractivity contribution in [2.75, 3.05) is 0 Å². The lowest BCUT2D eigenvalue weighted by Gasteiger charge is -1.98. The zero-order valence-corrected chi connectivity index (χ0v) is 18.2. The second-order valence-electron chi connectivity index (χ2n) is 4.95. The highest BCUT2D eigenvalue weighted by Crippen LogP contribution is 2.33. The maximum absolute atomic E-state index is 8.90. The summed E-state index contributed by atoms with van der Waals surface area (Å²) in [7, 11) is 0. The van der Waals surface area contributed by atoms with Crippen LogP contribution in [0.2, 0.25) is 30.1 Å². The van der Waals surface area contributed by atoms with Crippen LogP contribution in [0.25, 0.3) is 0 Å². The minimum Gasteiger partial charge on any atom is -0.506 e. The van der Waals surface area contributed by atoms with E-state index in [9.17, 15) is 0 Å². The molecule has 0 fully saturated rings. The second-order valence-corrected chi connectivity index (χ2v) is 7.45. The van der Waals surface area contributed by atoms with E-state index in [1.807, 2.05) is 0 Å². The van der Waals surface area contributed by atoms with Gasteiger partial charge in [0.2, 0.25) is 0 Å². The lowest BCUT2D eigenvalue weighted by Crippen LogP contribution is -1.70. The molecule has 0 amide bonds. The first kappa shape index (κ1) is 24.6. The van der Waals surface area contributed by atoms with E-state index in [-0.39, 0.29) is 38.1 Å². The number of hydrogen-bond donors (Lipinski definition) is 4. The predicted molar refractivity (Wildman–Crippen MR) is 116 cm³/mol. The molecule has 0 saturated heterocycles. The number of aromatic hydroxyl groups is 4. The van der Waals surface area contributed by atoms with Crippen molar-refractivity contribution in [2.45, 2.75) is 0 Å². The molecule has 0 atom stereocenters. The van der Waals surface area contributed by atoms with Gasteiger partial charge in [-0.05, 0) is 30.3 Å². The first-order valence-corrected chi connectivity index (χ1v) is 9.43. The first-order valence-electron chi connectivity index (χ1n) is 7.16. The number of rotatable bonds is 0. The van der Waals surface area contributed by atoms with Crippen LogP contribution in [0.15, 0.2) is 48.5 Å². The van der Waals surface area contributed by atoms with Crippen LogP contribution in [-0.2, 0) is 0 Å². The van der Waals surface area contributed by atoms with Crippen LogP contribution in [0.5, 0.6) is 23.0 Å². The molecular weight excluding hydrogens is 493 g/mol. The van der Waals surface area contributed by atoms with Gasteiger partial charge in [0, 0.05) is 28.2 Å². The summed E-state index contributed by atoms with van der Waals surface area (Å²) in [5, 5.41) is 37.3. The highest BCUT2D eigenvalue weighted by molar-refractivity contribution is 6.36. The van der Waals surface area contributed by atoms with Crippen molar-refractivity contribution in [3.8, 4) is 23.0 Å². The van der Waals surface area contributed by atoms with E-state index in [1.54, 1.807) is 18.2 Å². The smallest absolute Gasteiger partial charge is 0.135 e. The number of hydrogen-bond acceptors (Lipinski definition) is 4. The third-order valence-corrected chi connectivity index (χ3v) is 4.53. The summed E-state index contributed by atoms with van der Waals surface area (Å²) in [6.45, 7) is 0. The highest BCUT2D eigenvalue weighted by Gasteiger charge is 2.03. The van der Waals surface area contributed by atoms with Gasteiger partial charge in [-0.1, -0.05) is 69.6 Å². The van der Waals surface area contributed by atoms with Gasteiger partial charge in [-0.25, -0.2) is 0 Å². The Morgan fingerprint density at radius 1 is 0.393 bits per heavy atom. The SMILES string of the molecule is Oc1cc(Cl)c(O)cc1Cl.Oc1cc(Cl)ccc1Cl.Oc1ccc(Cl)cc1Cl. The second kappa shape index (κ2) is 11.6. The fourth-order valence-corrected chi connectivity index (χ4v) is 2.50. The fourth-order valence-electron chi connectivity index (χ4n) is 1.49. The topological polar surface area (TPSA) is 80.9 Å². The lowest BCUT2D eigenvalue weighted by atomic mass is 10.3. The number of benzene rings is 3. The highest BCUT2D eigenvalue weighted by atomic mass is 35.5. The molecule has 0 bridgehead atoms. The van der Waals surface area contributed by atoms with E-state index in [4.69, 9.17) is 90.0 Å². The van der Waals surface area contributed by atoms with Crippen molar-refractivity contribution in [3.63, 3.8) is 0 Å². The van der Waals surface area contributed by atoms with Gasteiger partial charge in [0.25, 0.3) is 0 Å². The summed E-state index contributed by atoms with van der Waals surface area (Å²) < 4.78 is 0. The summed E-state index contributed by atoms with van der Waals surface area (Å²) in [5.74, 6) is -0.195. The molecule has 28 heavy (non-hydrogen) atoms. The maximum atomic E-state index is 8.90. The summed E-state index contributed by atoms with van der Waals surface area (Å²) in [5.41, 5.74) is 0. The molecule has 10 heteroatoms. The van der Waals surface area contributed by atoms with Crippen molar-refractivity contribution in [3.05, 3.63) is 78.7 Å². The quantitative estimate of drug-likeness (QED) is 0.235. The number of phenolic OH excluding ortho intramolecular Hbond substituents is 4. The Balaban J connectivity index is 0.000000210. The average Bonchev–Trinajstić information content (AvgIpc) is 2.61. The monoisotopic (exact) mass is 502 g/mol. The molecule has 4 N–H and O–H groups in total. The summed E-state index contributed by atoms with van der Waals surface area (Å²) in [6.07, 6.45) is 0. The van der Waals surface area contributed by atoms with Gasteiger partial charge in [0.05, 0.1) is 20.1 Å². The van der Waals surface area contributed by atoms with Gasteiger partial charge < -0.3 is 20.4 Å². The Morgan fingerprint density at radius 3 is 1.18 bits per heavy atom. The van der Waals surface area contributed by atoms with E-state index in [2.05, 4.69) is 0 Å². The van der Waals surface area contributed by atoms with Crippen LogP contribution in [0.1, 0.15) is 0 Å². The molecule has 0 aliphatic rings. The first-order chi connectivity index (χ1) is 13.0. The Labute approximate surface area is 191 Å². The molecule has 3 aromatic rings. The Bertz CT molecular complexity index is 850. The van der Waals surface area contributed by atoms with E-state index in [0.717, 1.165) is 0 Å². The molecule has 3 rings (SSSR count). The van der Waals surface area contributed by atoms with Gasteiger partial charge in [0.1, 0.15) is 23.0 Å². The van der Waals surface area contributed by atoms with Crippen LogP contribution in [0, 0.1) is 0 Å². The zero-order chi connectivity index (χ0) is 21.4. The molecule has 0 radical (unpaired) electrons. The van der Waals surface area contributed by atoms with Crippen LogP contribution in [0.3, 0.4) is 0 Å². The molecule has 0 aromatic heterocycles. The van der Waals surface area contributed by atoms with Gasteiger partial charge >= 0.3 is 0 Å². The van der Waals surface area contributed by atoms with Crippen molar-refractivity contribution in [1.29, 1.82) is 0 Å². The van der Waals surface area contributed by atoms with Gasteiger partial charge in [0.15, 0.2) is 0 Å². The van der Waals surface area contributed by atoms with Crippen molar-refractivity contribution >= 4 is 69.6 Å². The van der Waals surface area contributed by atoms with Crippen molar-refractivity contribution in [1.82, 2.24) is 0 Å². The third kappa shape index (κ3) is 8.31. The van der Waals surface area contributed by atoms with Crippen LogP contribution >= 0.6 is 69.6 Å². The molecule has 4 nitrogen and oxygen atoms in total. The van der Waals surface area contributed by atoms with Crippen molar-refractivity contribution in [2.24, 2.45) is 0 Å². The van der Waals surface area contributed by atoms with E-state index < -0.39 is 0 Å². The molecule has 150 valence electrons. The molecule has 0 aliphatic heterocycles. The number of phenols is 4. The van der Waals surface area contributed by atoms with Crippen LogP contribution in [0.4, 0.5) is 0 Å².